The van der Waals surface area contributed by atoms with Crippen LogP contribution in [0.5, 0.6) is 11.5 Å². The zero-order chi connectivity index (χ0) is 20.1. The third kappa shape index (κ3) is 4.17. The molecule has 148 valence electrons. The largest absolute Gasteiger partial charge is 0.494 e. The van der Waals surface area contributed by atoms with E-state index in [0.29, 0.717) is 23.5 Å². The third-order valence-electron chi connectivity index (χ3n) is 3.99. The minimum absolute atomic E-state index is 0.0334. The summed E-state index contributed by atoms with van der Waals surface area (Å²) in [6.45, 7) is 1.26. The van der Waals surface area contributed by atoms with Crippen molar-refractivity contribution in [2.24, 2.45) is 0 Å². The molecule has 0 bridgehead atoms. The van der Waals surface area contributed by atoms with Gasteiger partial charge < -0.3 is 19.9 Å². The minimum Gasteiger partial charge on any atom is -0.494 e. The van der Waals surface area contributed by atoms with E-state index in [1.807, 2.05) is 0 Å². The van der Waals surface area contributed by atoms with E-state index in [2.05, 4.69) is 25.5 Å². The Kier molecular flexibility index (Phi) is 5.99. The number of H-pyrrole nitrogens is 1. The van der Waals surface area contributed by atoms with Gasteiger partial charge in [-0.3, -0.25) is 5.10 Å². The van der Waals surface area contributed by atoms with Crippen molar-refractivity contribution in [3.63, 3.8) is 0 Å². The lowest BCUT2D eigenvalue weighted by molar-refractivity contribution is 0.276. The summed E-state index contributed by atoms with van der Waals surface area (Å²) in [6, 6.07) is 2.95. The van der Waals surface area contributed by atoms with Crippen LogP contribution in [0, 0.1) is 11.6 Å². The van der Waals surface area contributed by atoms with Gasteiger partial charge in [0.25, 0.3) is 0 Å². The Bertz CT molecular complexity index is 919. The van der Waals surface area contributed by atoms with Crippen LogP contribution in [-0.2, 0) is 19.6 Å². The summed E-state index contributed by atoms with van der Waals surface area (Å²) < 4.78 is 39.2. The van der Waals surface area contributed by atoms with Crippen molar-refractivity contribution in [2.75, 3.05) is 12.4 Å². The van der Waals surface area contributed by atoms with Crippen LogP contribution in [0.2, 0.25) is 0 Å². The summed E-state index contributed by atoms with van der Waals surface area (Å²) in [5.41, 5.74) is 0.664. The third-order valence-corrected chi connectivity index (χ3v) is 3.99. The van der Waals surface area contributed by atoms with E-state index in [1.54, 1.807) is 13.0 Å². The van der Waals surface area contributed by atoms with E-state index in [4.69, 9.17) is 14.6 Å². The first-order valence-electron chi connectivity index (χ1n) is 8.46. The molecule has 3 aromatic rings. The summed E-state index contributed by atoms with van der Waals surface area (Å²) in [4.78, 5) is 8.12. The fourth-order valence-corrected chi connectivity index (χ4v) is 2.49. The Labute approximate surface area is 159 Å². The average Bonchev–Trinajstić information content (AvgIpc) is 3.17. The summed E-state index contributed by atoms with van der Waals surface area (Å²) in [7, 11) is 1.32. The van der Waals surface area contributed by atoms with E-state index in [1.165, 1.54) is 25.6 Å². The van der Waals surface area contributed by atoms with Crippen molar-refractivity contribution in [1.82, 2.24) is 20.2 Å². The van der Waals surface area contributed by atoms with Gasteiger partial charge in [0.05, 0.1) is 37.4 Å². The molecule has 0 aliphatic rings. The maximum absolute atomic E-state index is 14.4. The molecule has 0 unspecified atom stereocenters. The van der Waals surface area contributed by atoms with Gasteiger partial charge in [-0.25, -0.2) is 18.7 Å². The van der Waals surface area contributed by atoms with E-state index in [-0.39, 0.29) is 36.2 Å². The molecule has 0 saturated heterocycles. The second-order valence-corrected chi connectivity index (χ2v) is 5.79. The van der Waals surface area contributed by atoms with Crippen LogP contribution in [0.4, 0.5) is 20.5 Å². The summed E-state index contributed by atoms with van der Waals surface area (Å²) in [6.07, 6.45) is 3.13. The van der Waals surface area contributed by atoms with Crippen molar-refractivity contribution in [2.45, 2.75) is 26.6 Å². The molecular weight excluding hydrogens is 372 g/mol. The topological polar surface area (TPSA) is 105 Å². The molecule has 0 fully saturated rings. The number of aliphatic hydroxyl groups is 1. The molecule has 0 aliphatic carbocycles. The van der Waals surface area contributed by atoms with Gasteiger partial charge in [0.2, 0.25) is 5.95 Å². The van der Waals surface area contributed by atoms with Crippen LogP contribution < -0.4 is 14.8 Å². The molecule has 0 spiro atoms. The highest BCUT2D eigenvalue weighted by atomic mass is 19.1. The number of rotatable bonds is 8. The first-order valence-corrected chi connectivity index (χ1v) is 8.46. The van der Waals surface area contributed by atoms with Crippen LogP contribution >= 0.6 is 0 Å². The highest BCUT2D eigenvalue weighted by Gasteiger charge is 2.19. The summed E-state index contributed by atoms with van der Waals surface area (Å²) in [5, 5.41) is 18.4. The van der Waals surface area contributed by atoms with Crippen LogP contribution in [0.15, 0.2) is 24.5 Å². The maximum atomic E-state index is 14.4. The molecule has 3 N–H and O–H groups in total. The highest BCUT2D eigenvalue weighted by Crippen LogP contribution is 2.28. The number of aromatic nitrogens is 4. The van der Waals surface area contributed by atoms with E-state index < -0.39 is 11.6 Å². The number of methoxy groups -OCH3 is 1. The smallest absolute Gasteiger partial charge is 0.228 e. The average molecular weight is 391 g/mol. The Morgan fingerprint density at radius 3 is 2.54 bits per heavy atom. The number of hydrogen-bond donors (Lipinski definition) is 3. The molecule has 2 heterocycles. The molecule has 10 heteroatoms. The second kappa shape index (κ2) is 8.61. The molecule has 0 saturated carbocycles. The van der Waals surface area contributed by atoms with E-state index >= 15 is 0 Å². The second-order valence-electron chi connectivity index (χ2n) is 5.79. The first-order chi connectivity index (χ1) is 13.5. The van der Waals surface area contributed by atoms with E-state index in [0.717, 1.165) is 0 Å². The van der Waals surface area contributed by atoms with Crippen LogP contribution in [0.3, 0.4) is 0 Å². The van der Waals surface area contributed by atoms with Crippen molar-refractivity contribution in [3.8, 4) is 11.5 Å². The fourth-order valence-electron chi connectivity index (χ4n) is 2.49. The maximum Gasteiger partial charge on any atom is 0.228 e. The Morgan fingerprint density at radius 2 is 1.93 bits per heavy atom. The van der Waals surface area contributed by atoms with E-state index in [9.17, 15) is 8.78 Å². The predicted molar refractivity (Wildman–Crippen MR) is 96.4 cm³/mol. The zero-order valence-electron chi connectivity index (χ0n) is 15.3. The molecule has 3 rings (SSSR count). The van der Waals surface area contributed by atoms with Crippen LogP contribution in [-0.4, -0.2) is 32.4 Å². The highest BCUT2D eigenvalue weighted by molar-refractivity contribution is 5.47. The number of nitrogens with zero attached hydrogens (tertiary/aromatic N) is 3. The monoisotopic (exact) mass is 391 g/mol. The number of ether oxygens (including phenoxy) is 2. The summed E-state index contributed by atoms with van der Waals surface area (Å²) >= 11 is 0. The molecule has 28 heavy (non-hydrogen) atoms. The lowest BCUT2D eigenvalue weighted by atomic mass is 10.1. The normalized spacial score (nSPS) is 10.8. The number of hydrogen-bond acceptors (Lipinski definition) is 7. The van der Waals surface area contributed by atoms with Crippen LogP contribution in [0.25, 0.3) is 0 Å². The number of nitrogens with one attached hydrogen (secondary N) is 2. The van der Waals surface area contributed by atoms with Crippen LogP contribution in [0.1, 0.15) is 23.7 Å². The van der Waals surface area contributed by atoms with Gasteiger partial charge in [-0.15, -0.1) is 0 Å². The van der Waals surface area contributed by atoms with Gasteiger partial charge >= 0.3 is 0 Å². The Hall–Kier alpha value is -3.27. The number of aromatic amines is 1. The lowest BCUT2D eigenvalue weighted by Crippen LogP contribution is -2.07. The number of aliphatic hydroxyl groups excluding tert-OH is 1. The molecule has 1 aromatic carbocycles. The number of halogens is 2. The first kappa shape index (κ1) is 19.5. The van der Waals surface area contributed by atoms with Gasteiger partial charge in [-0.05, 0) is 18.1 Å². The molecule has 8 nitrogen and oxygen atoms in total. The van der Waals surface area contributed by atoms with Gasteiger partial charge in [-0.1, -0.05) is 6.92 Å². The standard InChI is InChI=1S/C18H19F2N5O3/c1-3-10-4-14(27-2)17(20)13(16(10)19)9-28-12-6-21-18(22-7-12)23-15-5-11(8-26)24-25-15/h4-7,26H,3,8-9H2,1-2H3,(H2,21,22,23,24,25). The molecule has 0 atom stereocenters. The van der Waals surface area contributed by atoms with Crippen molar-refractivity contribution >= 4 is 11.8 Å². The summed E-state index contributed by atoms with van der Waals surface area (Å²) in [5.74, 6) is -0.564. The van der Waals surface area contributed by atoms with Gasteiger partial charge in [-0.2, -0.15) is 5.10 Å². The zero-order valence-corrected chi connectivity index (χ0v) is 15.3. The van der Waals surface area contributed by atoms with Crippen molar-refractivity contribution < 1.29 is 23.4 Å². The Morgan fingerprint density at radius 1 is 1.18 bits per heavy atom. The molecule has 0 aliphatic heterocycles. The molecule has 2 aromatic heterocycles. The fraction of sp³-hybridized carbons (Fsp3) is 0.278. The van der Waals surface area contributed by atoms with Crippen molar-refractivity contribution in [3.05, 3.63) is 53.0 Å². The van der Waals surface area contributed by atoms with Gasteiger partial charge in [0.15, 0.2) is 23.1 Å². The lowest BCUT2D eigenvalue weighted by Gasteiger charge is -2.13. The number of anilines is 2. The predicted octanol–water partition coefficient (Wildman–Crippen LogP) is 2.86. The minimum atomic E-state index is -0.797. The quantitative estimate of drug-likeness (QED) is 0.542. The Balaban J connectivity index is 1.70. The van der Waals surface area contributed by atoms with Gasteiger partial charge in [0, 0.05) is 6.07 Å². The number of benzene rings is 1. The van der Waals surface area contributed by atoms with Crippen molar-refractivity contribution in [1.29, 1.82) is 0 Å². The molecule has 0 radical (unpaired) electrons. The SMILES string of the molecule is CCc1cc(OC)c(F)c(COc2cnc(Nc3cc(CO)[nH]n3)nc2)c1F. The molecule has 0 amide bonds. The number of aryl methyl sites for hydroxylation is 1. The molecular formula is C18H19F2N5O3. The van der Waals surface area contributed by atoms with Gasteiger partial charge in [0.1, 0.15) is 12.4 Å².